The standard InChI is InChI=1S/C19H17FN2O7S/c1-22(30(3,25)26)13-9-14-12(8-15(13)27-2)16(18(23)29-19(21)24)17(28-14)10-4-6-11(20)7-5-10/h4-9H,1-3H3,(H2,21,24). The quantitative estimate of drug-likeness (QED) is 0.481. The van der Waals surface area contributed by atoms with Gasteiger partial charge in [-0.15, -0.1) is 0 Å². The largest absolute Gasteiger partial charge is 0.495 e. The second kappa shape index (κ2) is 7.67. The summed E-state index contributed by atoms with van der Waals surface area (Å²) in [6.07, 6.45) is -0.307. The van der Waals surface area contributed by atoms with Crippen LogP contribution in [-0.4, -0.2) is 40.9 Å². The number of hydrogen-bond donors (Lipinski definition) is 1. The number of nitrogens with zero attached hydrogens (tertiary/aromatic N) is 1. The van der Waals surface area contributed by atoms with Gasteiger partial charge < -0.3 is 19.6 Å². The highest BCUT2D eigenvalue weighted by Crippen LogP contribution is 2.40. The van der Waals surface area contributed by atoms with E-state index in [1.54, 1.807) is 0 Å². The van der Waals surface area contributed by atoms with Gasteiger partial charge in [0.05, 0.1) is 19.1 Å². The molecule has 0 fully saturated rings. The Balaban J connectivity index is 2.33. The maximum Gasteiger partial charge on any atom is 0.412 e. The van der Waals surface area contributed by atoms with E-state index in [9.17, 15) is 22.4 Å². The number of halogens is 1. The number of carbonyl (C=O) groups excluding carboxylic acids is 2. The number of amides is 1. The monoisotopic (exact) mass is 436 g/mol. The van der Waals surface area contributed by atoms with Gasteiger partial charge in [-0.3, -0.25) is 4.31 Å². The van der Waals surface area contributed by atoms with Gasteiger partial charge in [-0.1, -0.05) is 0 Å². The van der Waals surface area contributed by atoms with E-state index in [-0.39, 0.29) is 33.7 Å². The van der Waals surface area contributed by atoms with E-state index >= 15 is 0 Å². The van der Waals surface area contributed by atoms with Crippen molar-refractivity contribution in [2.24, 2.45) is 5.73 Å². The van der Waals surface area contributed by atoms with E-state index < -0.39 is 27.9 Å². The molecular weight excluding hydrogens is 419 g/mol. The third-order valence-corrected chi connectivity index (χ3v) is 5.52. The highest BCUT2D eigenvalue weighted by atomic mass is 32.2. The summed E-state index contributed by atoms with van der Waals surface area (Å²) in [7, 11) is -0.985. The van der Waals surface area contributed by atoms with Gasteiger partial charge in [-0.05, 0) is 30.3 Å². The molecule has 1 heterocycles. The van der Waals surface area contributed by atoms with Crippen molar-refractivity contribution in [2.45, 2.75) is 0 Å². The first-order chi connectivity index (χ1) is 14.0. The lowest BCUT2D eigenvalue weighted by Crippen LogP contribution is -2.25. The Morgan fingerprint density at radius 3 is 2.33 bits per heavy atom. The zero-order valence-electron chi connectivity index (χ0n) is 16.1. The lowest BCUT2D eigenvalue weighted by molar-refractivity contribution is 0.0640. The highest BCUT2D eigenvalue weighted by molar-refractivity contribution is 7.92. The minimum atomic E-state index is -3.63. The Morgan fingerprint density at radius 1 is 1.17 bits per heavy atom. The van der Waals surface area contributed by atoms with Crippen LogP contribution in [0.4, 0.5) is 14.9 Å². The van der Waals surface area contributed by atoms with Crippen LogP contribution in [0.5, 0.6) is 5.75 Å². The summed E-state index contributed by atoms with van der Waals surface area (Å²) in [6.45, 7) is 0. The Hall–Kier alpha value is -3.60. The van der Waals surface area contributed by atoms with Gasteiger partial charge >= 0.3 is 12.1 Å². The summed E-state index contributed by atoms with van der Waals surface area (Å²) in [4.78, 5) is 23.7. The van der Waals surface area contributed by atoms with Crippen molar-refractivity contribution in [1.29, 1.82) is 0 Å². The minimum Gasteiger partial charge on any atom is -0.495 e. The van der Waals surface area contributed by atoms with Crippen LogP contribution < -0.4 is 14.8 Å². The molecule has 3 aromatic rings. The molecule has 2 N–H and O–H groups in total. The predicted molar refractivity (Wildman–Crippen MR) is 106 cm³/mol. The van der Waals surface area contributed by atoms with Crippen LogP contribution in [0.25, 0.3) is 22.3 Å². The summed E-state index contributed by atoms with van der Waals surface area (Å²) in [5, 5.41) is 0.183. The van der Waals surface area contributed by atoms with Gasteiger partial charge in [0.15, 0.2) is 0 Å². The third kappa shape index (κ3) is 3.92. The SMILES string of the molecule is COc1cc2c(C(=O)OC(N)=O)c(-c3ccc(F)cc3)oc2cc1N(C)S(C)(=O)=O. The van der Waals surface area contributed by atoms with E-state index in [0.29, 0.717) is 5.56 Å². The molecule has 1 aromatic heterocycles. The Labute approximate surface area is 170 Å². The van der Waals surface area contributed by atoms with Crippen molar-refractivity contribution in [2.75, 3.05) is 24.7 Å². The molecule has 0 bridgehead atoms. The Bertz CT molecular complexity index is 1250. The second-order valence-corrected chi connectivity index (χ2v) is 8.29. The normalized spacial score (nSPS) is 11.3. The Morgan fingerprint density at radius 2 is 1.80 bits per heavy atom. The fourth-order valence-corrected chi connectivity index (χ4v) is 3.35. The first kappa shape index (κ1) is 21.1. The molecule has 0 atom stereocenters. The number of nitrogens with two attached hydrogens (primary N) is 1. The maximum absolute atomic E-state index is 13.3. The fraction of sp³-hybridized carbons (Fsp3) is 0.158. The first-order valence-electron chi connectivity index (χ1n) is 8.39. The molecule has 11 heteroatoms. The molecule has 0 unspecified atom stereocenters. The van der Waals surface area contributed by atoms with Crippen LogP contribution in [-0.2, 0) is 14.8 Å². The van der Waals surface area contributed by atoms with Crippen LogP contribution in [0.2, 0.25) is 0 Å². The molecule has 0 spiro atoms. The maximum atomic E-state index is 13.3. The molecule has 0 aliphatic carbocycles. The molecule has 0 saturated heterocycles. The topological polar surface area (TPSA) is 129 Å². The van der Waals surface area contributed by atoms with Gasteiger partial charge in [0.1, 0.15) is 28.5 Å². The zero-order valence-corrected chi connectivity index (χ0v) is 16.9. The number of methoxy groups -OCH3 is 1. The number of rotatable bonds is 5. The van der Waals surface area contributed by atoms with Gasteiger partial charge in [0.25, 0.3) is 0 Å². The van der Waals surface area contributed by atoms with Crippen molar-refractivity contribution < 1.29 is 36.3 Å². The lowest BCUT2D eigenvalue weighted by Gasteiger charge is -2.19. The number of ether oxygens (including phenoxy) is 2. The van der Waals surface area contributed by atoms with E-state index in [1.807, 2.05) is 0 Å². The number of benzene rings is 2. The number of carbonyl (C=O) groups is 2. The van der Waals surface area contributed by atoms with Crippen LogP contribution in [0.1, 0.15) is 10.4 Å². The van der Waals surface area contributed by atoms with E-state index in [2.05, 4.69) is 4.74 Å². The molecule has 0 aliphatic heterocycles. The van der Waals surface area contributed by atoms with Gasteiger partial charge in [0.2, 0.25) is 10.0 Å². The van der Waals surface area contributed by atoms with Crippen molar-refractivity contribution in [3.63, 3.8) is 0 Å². The molecule has 1 amide bonds. The summed E-state index contributed by atoms with van der Waals surface area (Å²) in [5.74, 6) is -1.49. The summed E-state index contributed by atoms with van der Waals surface area (Å²) in [5.41, 5.74) is 5.39. The molecule has 9 nitrogen and oxygen atoms in total. The van der Waals surface area contributed by atoms with Crippen molar-refractivity contribution in [3.8, 4) is 17.1 Å². The summed E-state index contributed by atoms with van der Waals surface area (Å²) < 4.78 is 53.8. The number of sulfonamides is 1. The highest BCUT2D eigenvalue weighted by Gasteiger charge is 2.28. The third-order valence-electron chi connectivity index (χ3n) is 4.33. The van der Waals surface area contributed by atoms with Crippen molar-refractivity contribution in [1.82, 2.24) is 0 Å². The average molecular weight is 436 g/mol. The number of anilines is 1. The second-order valence-electron chi connectivity index (χ2n) is 6.27. The molecule has 30 heavy (non-hydrogen) atoms. The van der Waals surface area contributed by atoms with Gasteiger partial charge in [0, 0.05) is 24.1 Å². The number of primary amides is 1. The summed E-state index contributed by atoms with van der Waals surface area (Å²) >= 11 is 0. The molecule has 3 rings (SSSR count). The number of esters is 1. The molecular formula is C19H17FN2O7S. The molecule has 0 saturated carbocycles. The van der Waals surface area contributed by atoms with E-state index in [4.69, 9.17) is 14.9 Å². The molecule has 2 aromatic carbocycles. The van der Waals surface area contributed by atoms with E-state index in [1.165, 1.54) is 38.4 Å². The van der Waals surface area contributed by atoms with Gasteiger partial charge in [-0.2, -0.15) is 0 Å². The number of fused-ring (bicyclic) bond motifs is 1. The lowest BCUT2D eigenvalue weighted by atomic mass is 10.0. The van der Waals surface area contributed by atoms with Crippen LogP contribution in [0, 0.1) is 5.82 Å². The van der Waals surface area contributed by atoms with Gasteiger partial charge in [-0.25, -0.2) is 22.4 Å². The van der Waals surface area contributed by atoms with Crippen LogP contribution in [0.15, 0.2) is 40.8 Å². The zero-order chi connectivity index (χ0) is 22.2. The predicted octanol–water partition coefficient (Wildman–Crippen LogP) is 2.88. The molecule has 158 valence electrons. The number of furan rings is 1. The molecule has 0 aliphatic rings. The smallest absolute Gasteiger partial charge is 0.412 e. The minimum absolute atomic E-state index is 0.0162. The first-order valence-corrected chi connectivity index (χ1v) is 10.2. The van der Waals surface area contributed by atoms with E-state index in [0.717, 1.165) is 22.7 Å². The summed E-state index contributed by atoms with van der Waals surface area (Å²) in [6, 6.07) is 7.80. The van der Waals surface area contributed by atoms with Crippen molar-refractivity contribution >= 4 is 38.7 Å². The van der Waals surface area contributed by atoms with Crippen LogP contribution >= 0.6 is 0 Å². The van der Waals surface area contributed by atoms with Crippen molar-refractivity contribution in [3.05, 3.63) is 47.8 Å². The Kier molecular flexibility index (Phi) is 5.40. The fourth-order valence-electron chi connectivity index (χ4n) is 2.85. The number of hydrogen-bond acceptors (Lipinski definition) is 7. The van der Waals surface area contributed by atoms with Crippen LogP contribution in [0.3, 0.4) is 0 Å². The molecule has 0 radical (unpaired) electrons. The average Bonchev–Trinajstić information content (AvgIpc) is 3.04.